The van der Waals surface area contributed by atoms with Crippen LogP contribution in [-0.2, 0) is 9.59 Å². The van der Waals surface area contributed by atoms with Gasteiger partial charge in [-0.15, -0.1) is 0 Å². The summed E-state index contributed by atoms with van der Waals surface area (Å²) in [6, 6.07) is 0. The SMILES string of the molecule is CC(C)C(C)C(=O)N1CCC(CCC(=O)O)CC1. The molecule has 1 atom stereocenters. The molecule has 1 saturated heterocycles. The van der Waals surface area contributed by atoms with Gasteiger partial charge in [-0.3, -0.25) is 9.59 Å². The van der Waals surface area contributed by atoms with E-state index in [2.05, 4.69) is 13.8 Å². The lowest BCUT2D eigenvalue weighted by atomic mass is 9.90. The van der Waals surface area contributed by atoms with Gasteiger partial charge in [0, 0.05) is 25.4 Å². The average molecular weight is 255 g/mol. The topological polar surface area (TPSA) is 57.6 Å². The van der Waals surface area contributed by atoms with E-state index in [9.17, 15) is 9.59 Å². The van der Waals surface area contributed by atoms with Gasteiger partial charge in [0.2, 0.25) is 5.91 Å². The van der Waals surface area contributed by atoms with Crippen molar-refractivity contribution in [1.29, 1.82) is 0 Å². The summed E-state index contributed by atoms with van der Waals surface area (Å²) in [6.45, 7) is 7.72. The van der Waals surface area contributed by atoms with Crippen molar-refractivity contribution in [2.24, 2.45) is 17.8 Å². The number of carboxylic acids is 1. The maximum atomic E-state index is 12.1. The zero-order valence-corrected chi connectivity index (χ0v) is 11.7. The Balaban J connectivity index is 2.35. The molecule has 0 bridgehead atoms. The Morgan fingerprint density at radius 1 is 1.22 bits per heavy atom. The van der Waals surface area contributed by atoms with Gasteiger partial charge in [-0.1, -0.05) is 20.8 Å². The number of rotatable bonds is 5. The van der Waals surface area contributed by atoms with E-state index >= 15 is 0 Å². The molecule has 0 aromatic carbocycles. The Hall–Kier alpha value is -1.06. The van der Waals surface area contributed by atoms with E-state index < -0.39 is 5.97 Å². The Kier molecular flexibility index (Phi) is 5.63. The standard InChI is InChI=1S/C14H25NO3/c1-10(2)11(3)14(18)15-8-6-12(7-9-15)4-5-13(16)17/h10-12H,4-9H2,1-3H3,(H,16,17). The van der Waals surface area contributed by atoms with Gasteiger partial charge in [-0.25, -0.2) is 0 Å². The minimum Gasteiger partial charge on any atom is -0.481 e. The van der Waals surface area contributed by atoms with Crippen LogP contribution in [0.3, 0.4) is 0 Å². The van der Waals surface area contributed by atoms with Crippen molar-refractivity contribution in [3.05, 3.63) is 0 Å². The van der Waals surface area contributed by atoms with Crippen LogP contribution < -0.4 is 0 Å². The van der Waals surface area contributed by atoms with Crippen LogP contribution in [0.1, 0.15) is 46.5 Å². The van der Waals surface area contributed by atoms with Crippen LogP contribution in [0.2, 0.25) is 0 Å². The fraction of sp³-hybridized carbons (Fsp3) is 0.857. The molecule has 1 heterocycles. The number of hydrogen-bond acceptors (Lipinski definition) is 2. The fourth-order valence-corrected chi connectivity index (χ4v) is 2.34. The third-order valence-corrected chi connectivity index (χ3v) is 4.08. The van der Waals surface area contributed by atoms with Gasteiger partial charge in [0.05, 0.1) is 0 Å². The second-order valence-electron chi connectivity index (χ2n) is 5.73. The molecule has 0 aromatic rings. The largest absolute Gasteiger partial charge is 0.481 e. The van der Waals surface area contributed by atoms with E-state index in [-0.39, 0.29) is 18.2 Å². The molecular formula is C14H25NO3. The van der Waals surface area contributed by atoms with Gasteiger partial charge in [0.25, 0.3) is 0 Å². The van der Waals surface area contributed by atoms with Gasteiger partial charge in [0.15, 0.2) is 0 Å². The van der Waals surface area contributed by atoms with Crippen molar-refractivity contribution in [1.82, 2.24) is 4.90 Å². The summed E-state index contributed by atoms with van der Waals surface area (Å²) >= 11 is 0. The molecule has 1 amide bonds. The van der Waals surface area contributed by atoms with E-state index in [1.165, 1.54) is 0 Å². The van der Waals surface area contributed by atoms with Crippen molar-refractivity contribution >= 4 is 11.9 Å². The van der Waals surface area contributed by atoms with Crippen LogP contribution in [0.25, 0.3) is 0 Å². The third kappa shape index (κ3) is 4.31. The van der Waals surface area contributed by atoms with Crippen LogP contribution in [0.5, 0.6) is 0 Å². The van der Waals surface area contributed by atoms with Crippen molar-refractivity contribution in [2.75, 3.05) is 13.1 Å². The van der Waals surface area contributed by atoms with Gasteiger partial charge >= 0.3 is 5.97 Å². The molecule has 1 aliphatic heterocycles. The van der Waals surface area contributed by atoms with Crippen molar-refractivity contribution in [3.8, 4) is 0 Å². The molecule has 1 unspecified atom stereocenters. The molecule has 0 aromatic heterocycles. The van der Waals surface area contributed by atoms with Crippen LogP contribution >= 0.6 is 0 Å². The predicted octanol–water partition coefficient (Wildman–Crippen LogP) is 2.38. The first-order valence-corrected chi connectivity index (χ1v) is 6.92. The smallest absolute Gasteiger partial charge is 0.303 e. The van der Waals surface area contributed by atoms with Gasteiger partial charge in [-0.2, -0.15) is 0 Å². The second kappa shape index (κ2) is 6.76. The fourth-order valence-electron chi connectivity index (χ4n) is 2.34. The molecule has 4 nitrogen and oxygen atoms in total. The first-order chi connectivity index (χ1) is 8.41. The highest BCUT2D eigenvalue weighted by molar-refractivity contribution is 5.78. The number of carbonyl (C=O) groups excluding carboxylic acids is 1. The predicted molar refractivity (Wildman–Crippen MR) is 70.2 cm³/mol. The van der Waals surface area contributed by atoms with Crippen molar-refractivity contribution in [2.45, 2.75) is 46.5 Å². The van der Waals surface area contributed by atoms with Crippen LogP contribution in [0.4, 0.5) is 0 Å². The first kappa shape index (κ1) is 15.0. The van der Waals surface area contributed by atoms with Gasteiger partial charge in [-0.05, 0) is 31.1 Å². The Labute approximate surface area is 109 Å². The number of aliphatic carboxylic acids is 1. The molecule has 0 saturated carbocycles. The van der Waals surface area contributed by atoms with Crippen molar-refractivity contribution < 1.29 is 14.7 Å². The summed E-state index contributed by atoms with van der Waals surface area (Å²) in [4.78, 5) is 24.6. The third-order valence-electron chi connectivity index (χ3n) is 4.08. The molecule has 18 heavy (non-hydrogen) atoms. The molecule has 1 N–H and O–H groups in total. The summed E-state index contributed by atoms with van der Waals surface area (Å²) in [6.07, 6.45) is 2.89. The number of hydrogen-bond donors (Lipinski definition) is 1. The molecule has 1 aliphatic rings. The van der Waals surface area contributed by atoms with E-state index in [0.717, 1.165) is 32.4 Å². The highest BCUT2D eigenvalue weighted by Gasteiger charge is 2.27. The van der Waals surface area contributed by atoms with Gasteiger partial charge < -0.3 is 10.0 Å². The monoisotopic (exact) mass is 255 g/mol. The summed E-state index contributed by atoms with van der Waals surface area (Å²) in [5.41, 5.74) is 0. The summed E-state index contributed by atoms with van der Waals surface area (Å²) < 4.78 is 0. The summed E-state index contributed by atoms with van der Waals surface area (Å²) in [7, 11) is 0. The maximum absolute atomic E-state index is 12.1. The molecule has 0 spiro atoms. The first-order valence-electron chi connectivity index (χ1n) is 6.92. The minimum atomic E-state index is -0.720. The zero-order chi connectivity index (χ0) is 13.7. The van der Waals surface area contributed by atoms with Gasteiger partial charge in [0.1, 0.15) is 0 Å². The Morgan fingerprint density at radius 3 is 2.22 bits per heavy atom. The lowest BCUT2D eigenvalue weighted by Crippen LogP contribution is -2.42. The second-order valence-corrected chi connectivity index (χ2v) is 5.73. The van der Waals surface area contributed by atoms with E-state index in [1.54, 1.807) is 0 Å². The molecule has 0 radical (unpaired) electrons. The molecule has 1 fully saturated rings. The Morgan fingerprint density at radius 2 is 1.78 bits per heavy atom. The molecule has 1 rings (SSSR count). The summed E-state index contributed by atoms with van der Waals surface area (Å²) in [5, 5.41) is 8.65. The van der Waals surface area contributed by atoms with Crippen LogP contribution in [-0.4, -0.2) is 35.0 Å². The van der Waals surface area contributed by atoms with E-state index in [4.69, 9.17) is 5.11 Å². The Bertz CT molecular complexity index is 293. The van der Waals surface area contributed by atoms with Crippen molar-refractivity contribution in [3.63, 3.8) is 0 Å². The van der Waals surface area contributed by atoms with Crippen LogP contribution in [0, 0.1) is 17.8 Å². The lowest BCUT2D eigenvalue weighted by molar-refractivity contribution is -0.139. The van der Waals surface area contributed by atoms with Crippen LogP contribution in [0.15, 0.2) is 0 Å². The molecule has 104 valence electrons. The summed E-state index contributed by atoms with van der Waals surface area (Å²) in [5.74, 6) is 0.464. The lowest BCUT2D eigenvalue weighted by Gasteiger charge is -2.34. The van der Waals surface area contributed by atoms with E-state index in [1.807, 2.05) is 11.8 Å². The zero-order valence-electron chi connectivity index (χ0n) is 11.7. The number of nitrogens with zero attached hydrogens (tertiary/aromatic N) is 1. The quantitative estimate of drug-likeness (QED) is 0.820. The highest BCUT2D eigenvalue weighted by Crippen LogP contribution is 2.24. The molecule has 4 heteroatoms. The molecule has 0 aliphatic carbocycles. The number of carbonyl (C=O) groups is 2. The van der Waals surface area contributed by atoms with E-state index in [0.29, 0.717) is 11.8 Å². The molecular weight excluding hydrogens is 230 g/mol. The number of amides is 1. The average Bonchev–Trinajstić information content (AvgIpc) is 2.35. The highest BCUT2D eigenvalue weighted by atomic mass is 16.4. The maximum Gasteiger partial charge on any atom is 0.303 e. The normalized spacial score (nSPS) is 19.0. The number of piperidine rings is 1. The number of carboxylic acid groups (broad SMARTS) is 1. The number of likely N-dealkylation sites (tertiary alicyclic amines) is 1. The minimum absolute atomic E-state index is 0.0839.